The number of hydrogen-bond acceptors (Lipinski definition) is 6. The van der Waals surface area contributed by atoms with Gasteiger partial charge in [-0.15, -0.1) is 0 Å². The van der Waals surface area contributed by atoms with Gasteiger partial charge in [-0.1, -0.05) is 36.4 Å². The molecule has 1 unspecified atom stereocenters. The maximum Gasteiger partial charge on any atom is 0.349 e. The Morgan fingerprint density at radius 1 is 0.767 bits per heavy atom. The van der Waals surface area contributed by atoms with Gasteiger partial charge in [-0.3, -0.25) is 4.79 Å². The number of aliphatic carboxylic acids is 1. The first-order valence-electron chi connectivity index (χ1n) is 9.42. The summed E-state index contributed by atoms with van der Waals surface area (Å²) >= 11 is 0. The van der Waals surface area contributed by atoms with Crippen LogP contribution in [-0.4, -0.2) is 59.1 Å². The first-order chi connectivity index (χ1) is 14.4. The Bertz CT molecular complexity index is 879. The van der Waals surface area contributed by atoms with Crippen molar-refractivity contribution < 1.29 is 33.8 Å². The fourth-order valence-electron chi connectivity index (χ4n) is 2.71. The summed E-state index contributed by atoms with van der Waals surface area (Å²) in [6, 6.07) is 15.6. The predicted octanol–water partition coefficient (Wildman–Crippen LogP) is 2.39. The van der Waals surface area contributed by atoms with Gasteiger partial charge in [0, 0.05) is 13.1 Å². The quantitative estimate of drug-likeness (QED) is 0.629. The molecule has 2 aromatic carbocycles. The van der Waals surface area contributed by atoms with Crippen molar-refractivity contribution in [1.29, 1.82) is 0 Å². The number of esters is 2. The van der Waals surface area contributed by atoms with E-state index in [-0.39, 0.29) is 24.2 Å². The number of hydrogen-bond donors (Lipinski definition) is 1. The van der Waals surface area contributed by atoms with E-state index in [1.807, 2.05) is 0 Å². The van der Waals surface area contributed by atoms with Crippen molar-refractivity contribution in [1.82, 2.24) is 4.90 Å². The third-order valence-corrected chi connectivity index (χ3v) is 4.32. The lowest BCUT2D eigenvalue weighted by molar-refractivity contribution is -0.163. The van der Waals surface area contributed by atoms with Gasteiger partial charge in [0.25, 0.3) is 5.91 Å². The molecule has 0 aliphatic carbocycles. The molecule has 8 heteroatoms. The summed E-state index contributed by atoms with van der Waals surface area (Å²) in [5.41, 5.74) is 0.237. The maximum atomic E-state index is 12.9. The van der Waals surface area contributed by atoms with E-state index >= 15 is 0 Å². The van der Waals surface area contributed by atoms with E-state index < -0.39 is 36.0 Å². The SMILES string of the molecule is CCN(CC)C(=O)C(OC(=O)c1ccccc1)[C@H](OC(=O)c1ccccc1)C(=O)O. The molecule has 0 aromatic heterocycles. The number of carboxylic acid groups (broad SMARTS) is 1. The van der Waals surface area contributed by atoms with Crippen molar-refractivity contribution >= 4 is 23.8 Å². The molecule has 0 aliphatic rings. The van der Waals surface area contributed by atoms with Crippen molar-refractivity contribution in [3.05, 3.63) is 71.8 Å². The Morgan fingerprint density at radius 3 is 1.53 bits per heavy atom. The van der Waals surface area contributed by atoms with Crippen LogP contribution in [0, 0.1) is 0 Å². The van der Waals surface area contributed by atoms with E-state index in [0.717, 1.165) is 0 Å². The maximum absolute atomic E-state index is 12.9. The second-order valence-electron chi connectivity index (χ2n) is 6.23. The first kappa shape index (κ1) is 22.6. The minimum absolute atomic E-state index is 0.104. The van der Waals surface area contributed by atoms with Crippen molar-refractivity contribution in [3.63, 3.8) is 0 Å². The summed E-state index contributed by atoms with van der Waals surface area (Å²) in [7, 11) is 0. The summed E-state index contributed by atoms with van der Waals surface area (Å²) in [6.45, 7) is 3.91. The highest BCUT2D eigenvalue weighted by Crippen LogP contribution is 2.15. The Labute approximate surface area is 174 Å². The van der Waals surface area contributed by atoms with E-state index in [4.69, 9.17) is 9.47 Å². The van der Waals surface area contributed by atoms with Crippen molar-refractivity contribution in [2.75, 3.05) is 13.1 Å². The number of carbonyl (C=O) groups excluding carboxylic acids is 3. The molecular weight excluding hydrogens is 390 g/mol. The molecule has 0 fully saturated rings. The third-order valence-electron chi connectivity index (χ3n) is 4.32. The van der Waals surface area contributed by atoms with E-state index in [2.05, 4.69) is 0 Å². The van der Waals surface area contributed by atoms with Gasteiger partial charge in [0.15, 0.2) is 0 Å². The van der Waals surface area contributed by atoms with Gasteiger partial charge in [0.05, 0.1) is 11.1 Å². The van der Waals surface area contributed by atoms with Gasteiger partial charge < -0.3 is 19.5 Å². The van der Waals surface area contributed by atoms with E-state index in [0.29, 0.717) is 0 Å². The highest BCUT2D eigenvalue weighted by Gasteiger charge is 2.42. The lowest BCUT2D eigenvalue weighted by Crippen LogP contribution is -2.51. The van der Waals surface area contributed by atoms with Gasteiger partial charge >= 0.3 is 17.9 Å². The molecule has 0 aliphatic heterocycles. The topological polar surface area (TPSA) is 110 Å². The van der Waals surface area contributed by atoms with E-state index in [1.54, 1.807) is 50.2 Å². The molecule has 0 saturated carbocycles. The largest absolute Gasteiger partial charge is 0.478 e. The number of ether oxygens (including phenoxy) is 2. The number of rotatable bonds is 9. The van der Waals surface area contributed by atoms with Crippen LogP contribution in [0.3, 0.4) is 0 Å². The zero-order valence-electron chi connectivity index (χ0n) is 16.7. The first-order valence-corrected chi connectivity index (χ1v) is 9.42. The van der Waals surface area contributed by atoms with Crippen LogP contribution in [0.25, 0.3) is 0 Å². The molecule has 0 heterocycles. The lowest BCUT2D eigenvalue weighted by atomic mass is 10.1. The molecule has 0 spiro atoms. The molecule has 2 rings (SSSR count). The highest BCUT2D eigenvalue weighted by atomic mass is 16.6. The van der Waals surface area contributed by atoms with Crippen molar-refractivity contribution in [3.8, 4) is 0 Å². The molecule has 2 atom stereocenters. The monoisotopic (exact) mass is 413 g/mol. The van der Waals surface area contributed by atoms with Crippen LogP contribution in [0.5, 0.6) is 0 Å². The smallest absolute Gasteiger partial charge is 0.349 e. The molecule has 158 valence electrons. The van der Waals surface area contributed by atoms with Crippen LogP contribution in [0.15, 0.2) is 60.7 Å². The predicted molar refractivity (Wildman–Crippen MR) is 107 cm³/mol. The van der Waals surface area contributed by atoms with Crippen molar-refractivity contribution in [2.24, 2.45) is 0 Å². The number of carbonyl (C=O) groups is 4. The second kappa shape index (κ2) is 10.8. The summed E-state index contributed by atoms with van der Waals surface area (Å²) in [5.74, 6) is -4.22. The summed E-state index contributed by atoms with van der Waals surface area (Å²) in [4.78, 5) is 51.0. The van der Waals surface area contributed by atoms with Crippen LogP contribution in [-0.2, 0) is 19.1 Å². The highest BCUT2D eigenvalue weighted by molar-refractivity contribution is 5.96. The fourth-order valence-corrected chi connectivity index (χ4v) is 2.71. The standard InChI is InChI=1S/C22H23NO7/c1-3-23(4-2)19(24)17(29-21(27)15-11-7-5-8-12-15)18(20(25)26)30-22(28)16-13-9-6-10-14-16/h5-14,17-18H,3-4H2,1-2H3,(H,25,26)/t17?,18-/m0/s1. The minimum Gasteiger partial charge on any atom is -0.478 e. The van der Waals surface area contributed by atoms with Crippen LogP contribution in [0.4, 0.5) is 0 Å². The number of nitrogens with zero attached hydrogens (tertiary/aromatic N) is 1. The molecular formula is C22H23NO7. The lowest BCUT2D eigenvalue weighted by Gasteiger charge is -2.28. The Morgan fingerprint density at radius 2 is 1.17 bits per heavy atom. The zero-order valence-corrected chi connectivity index (χ0v) is 16.7. The Kier molecular flexibility index (Phi) is 8.10. The molecule has 0 radical (unpaired) electrons. The Hall–Kier alpha value is -3.68. The summed E-state index contributed by atoms with van der Waals surface area (Å²) in [5, 5.41) is 9.66. The van der Waals surface area contributed by atoms with Gasteiger partial charge in [-0.2, -0.15) is 0 Å². The summed E-state index contributed by atoms with van der Waals surface area (Å²) < 4.78 is 10.3. The van der Waals surface area contributed by atoms with Gasteiger partial charge in [0.1, 0.15) is 0 Å². The average molecular weight is 413 g/mol. The summed E-state index contributed by atoms with van der Waals surface area (Å²) in [6.07, 6.45) is -3.86. The van der Waals surface area contributed by atoms with E-state index in [1.165, 1.54) is 29.2 Å². The van der Waals surface area contributed by atoms with Crippen LogP contribution < -0.4 is 0 Å². The van der Waals surface area contributed by atoms with Gasteiger partial charge in [0.2, 0.25) is 12.2 Å². The molecule has 0 saturated heterocycles. The number of amides is 1. The van der Waals surface area contributed by atoms with Crippen LogP contribution >= 0.6 is 0 Å². The molecule has 0 bridgehead atoms. The van der Waals surface area contributed by atoms with E-state index in [9.17, 15) is 24.3 Å². The number of carboxylic acids is 1. The number of benzene rings is 2. The number of likely N-dealkylation sites (N-methyl/N-ethyl adjacent to an activating group) is 1. The van der Waals surface area contributed by atoms with Crippen LogP contribution in [0.1, 0.15) is 34.6 Å². The fraction of sp³-hybridized carbons (Fsp3) is 0.273. The molecule has 1 amide bonds. The normalized spacial score (nSPS) is 12.3. The van der Waals surface area contributed by atoms with Crippen LogP contribution in [0.2, 0.25) is 0 Å². The third kappa shape index (κ3) is 5.66. The second-order valence-corrected chi connectivity index (χ2v) is 6.23. The molecule has 30 heavy (non-hydrogen) atoms. The Balaban J connectivity index is 2.35. The van der Waals surface area contributed by atoms with Crippen molar-refractivity contribution in [2.45, 2.75) is 26.1 Å². The molecule has 8 nitrogen and oxygen atoms in total. The average Bonchev–Trinajstić information content (AvgIpc) is 2.77. The molecule has 1 N–H and O–H groups in total. The zero-order chi connectivity index (χ0) is 22.1. The van der Waals surface area contributed by atoms with Gasteiger partial charge in [-0.25, -0.2) is 14.4 Å². The van der Waals surface area contributed by atoms with Gasteiger partial charge in [-0.05, 0) is 38.1 Å². The minimum atomic E-state index is -2.02. The molecule has 2 aromatic rings.